The molecule has 0 amide bonds. The first kappa shape index (κ1) is 10.9. The molecule has 0 aliphatic carbocycles. The van der Waals surface area contributed by atoms with E-state index >= 15 is 0 Å². The van der Waals surface area contributed by atoms with Crippen molar-refractivity contribution < 1.29 is 0 Å². The molecular formula is C10H10N6O. The predicted molar refractivity (Wildman–Crippen MR) is 60.5 cm³/mol. The second-order valence-electron chi connectivity index (χ2n) is 3.38. The van der Waals surface area contributed by atoms with Gasteiger partial charge >= 0.3 is 0 Å². The van der Waals surface area contributed by atoms with E-state index in [0.717, 1.165) is 0 Å². The maximum atomic E-state index is 11.4. The lowest BCUT2D eigenvalue weighted by Gasteiger charge is -2.03. The molecule has 0 bridgehead atoms. The molecule has 2 heterocycles. The van der Waals surface area contributed by atoms with Crippen LogP contribution in [0.1, 0.15) is 18.2 Å². The Labute approximate surface area is 96.5 Å². The summed E-state index contributed by atoms with van der Waals surface area (Å²) in [4.78, 5) is 18.1. The standard InChI is InChI=1S/C10H10N6O/c1-2-7-3-8(17)15-10(14-7)16-9(12)6(4-11)5-13-16/h3,5H,2,12H2,1H3,(H,14,15,17). The zero-order chi connectivity index (χ0) is 12.4. The van der Waals surface area contributed by atoms with Gasteiger partial charge < -0.3 is 5.73 Å². The minimum Gasteiger partial charge on any atom is -0.382 e. The first-order valence-corrected chi connectivity index (χ1v) is 5.00. The fourth-order valence-electron chi connectivity index (χ4n) is 1.39. The number of nitrogens with one attached hydrogen (secondary N) is 1. The summed E-state index contributed by atoms with van der Waals surface area (Å²) in [6, 6.07) is 3.31. The number of hydrogen-bond donors (Lipinski definition) is 2. The summed E-state index contributed by atoms with van der Waals surface area (Å²) in [5.74, 6) is 0.372. The summed E-state index contributed by atoms with van der Waals surface area (Å²) >= 11 is 0. The number of nitrogens with zero attached hydrogens (tertiary/aromatic N) is 4. The van der Waals surface area contributed by atoms with Gasteiger partial charge in [-0.1, -0.05) is 6.92 Å². The molecule has 0 unspecified atom stereocenters. The number of nitrogen functional groups attached to an aromatic ring is 1. The lowest BCUT2D eigenvalue weighted by molar-refractivity contribution is 0.794. The van der Waals surface area contributed by atoms with E-state index in [1.807, 2.05) is 13.0 Å². The summed E-state index contributed by atoms with van der Waals surface area (Å²) < 4.78 is 1.24. The number of nitrogens with two attached hydrogens (primary N) is 1. The van der Waals surface area contributed by atoms with Crippen LogP contribution in [0.2, 0.25) is 0 Å². The molecule has 2 aromatic rings. The second kappa shape index (κ2) is 4.09. The summed E-state index contributed by atoms with van der Waals surface area (Å²) in [6.07, 6.45) is 1.96. The molecule has 0 saturated carbocycles. The number of rotatable bonds is 2. The molecule has 86 valence electrons. The number of anilines is 1. The number of aromatic amines is 1. The molecule has 0 fully saturated rings. The third-order valence-electron chi connectivity index (χ3n) is 2.27. The zero-order valence-electron chi connectivity index (χ0n) is 9.14. The Morgan fingerprint density at radius 1 is 1.65 bits per heavy atom. The first-order valence-electron chi connectivity index (χ1n) is 5.00. The van der Waals surface area contributed by atoms with Gasteiger partial charge in [-0.25, -0.2) is 4.98 Å². The van der Waals surface area contributed by atoms with Gasteiger partial charge in [0.1, 0.15) is 17.5 Å². The van der Waals surface area contributed by atoms with Crippen LogP contribution in [0, 0.1) is 11.3 Å². The minimum atomic E-state index is -0.278. The van der Waals surface area contributed by atoms with Gasteiger partial charge in [0.15, 0.2) is 0 Å². The summed E-state index contributed by atoms with van der Waals surface area (Å²) in [5, 5.41) is 12.7. The van der Waals surface area contributed by atoms with Crippen molar-refractivity contribution in [2.75, 3.05) is 5.73 Å². The van der Waals surface area contributed by atoms with Gasteiger partial charge in [-0.05, 0) is 6.42 Å². The smallest absolute Gasteiger partial charge is 0.252 e. The fraction of sp³-hybridized carbons (Fsp3) is 0.200. The molecule has 0 aromatic carbocycles. The fourth-order valence-corrected chi connectivity index (χ4v) is 1.39. The summed E-state index contributed by atoms with van der Waals surface area (Å²) in [5.41, 5.74) is 6.31. The van der Waals surface area contributed by atoms with Gasteiger partial charge in [-0.2, -0.15) is 15.0 Å². The highest BCUT2D eigenvalue weighted by Crippen LogP contribution is 2.12. The van der Waals surface area contributed by atoms with Crippen LogP contribution < -0.4 is 11.3 Å². The number of hydrogen-bond acceptors (Lipinski definition) is 5. The van der Waals surface area contributed by atoms with Gasteiger partial charge in [0.25, 0.3) is 5.56 Å². The third-order valence-corrected chi connectivity index (χ3v) is 2.27. The number of H-pyrrole nitrogens is 1. The van der Waals surface area contributed by atoms with Crippen LogP contribution in [0.15, 0.2) is 17.1 Å². The van der Waals surface area contributed by atoms with Gasteiger partial charge in [0, 0.05) is 11.8 Å². The van der Waals surface area contributed by atoms with Crippen LogP contribution in [0.4, 0.5) is 5.82 Å². The molecule has 7 heteroatoms. The Morgan fingerprint density at radius 2 is 2.41 bits per heavy atom. The highest BCUT2D eigenvalue weighted by molar-refractivity contribution is 5.50. The second-order valence-corrected chi connectivity index (χ2v) is 3.38. The largest absolute Gasteiger partial charge is 0.382 e. The topological polar surface area (TPSA) is 113 Å². The van der Waals surface area contributed by atoms with Gasteiger partial charge in [0.05, 0.1) is 6.20 Å². The Balaban J connectivity index is 2.61. The van der Waals surface area contributed by atoms with Crippen molar-refractivity contribution in [3.05, 3.63) is 33.9 Å². The average Bonchev–Trinajstić information content (AvgIpc) is 2.69. The summed E-state index contributed by atoms with van der Waals surface area (Å²) in [7, 11) is 0. The quantitative estimate of drug-likeness (QED) is 0.752. The van der Waals surface area contributed by atoms with E-state index < -0.39 is 0 Å². The molecule has 17 heavy (non-hydrogen) atoms. The van der Waals surface area contributed by atoms with Crippen molar-refractivity contribution in [1.29, 1.82) is 5.26 Å². The van der Waals surface area contributed by atoms with Crippen LogP contribution in [0.5, 0.6) is 0 Å². The molecule has 7 nitrogen and oxygen atoms in total. The van der Waals surface area contributed by atoms with Crippen LogP contribution >= 0.6 is 0 Å². The highest BCUT2D eigenvalue weighted by Gasteiger charge is 2.10. The van der Waals surface area contributed by atoms with Crippen molar-refractivity contribution >= 4 is 5.82 Å². The molecule has 0 aliphatic rings. The van der Waals surface area contributed by atoms with E-state index in [2.05, 4.69) is 15.1 Å². The molecule has 0 spiro atoms. The predicted octanol–water partition coefficient (Wildman–Crippen LogP) is -0.0281. The monoisotopic (exact) mass is 230 g/mol. The van der Waals surface area contributed by atoms with E-state index in [9.17, 15) is 4.79 Å². The van der Waals surface area contributed by atoms with Crippen molar-refractivity contribution in [3.63, 3.8) is 0 Å². The van der Waals surface area contributed by atoms with Gasteiger partial charge in [-0.3, -0.25) is 9.78 Å². The first-order chi connectivity index (χ1) is 8.15. The molecule has 0 saturated heterocycles. The van der Waals surface area contributed by atoms with Gasteiger partial charge in [0.2, 0.25) is 5.95 Å². The molecule has 0 radical (unpaired) electrons. The van der Waals surface area contributed by atoms with Crippen molar-refractivity contribution in [2.24, 2.45) is 0 Å². The van der Waals surface area contributed by atoms with Crippen molar-refractivity contribution in [2.45, 2.75) is 13.3 Å². The Morgan fingerprint density at radius 3 is 3.00 bits per heavy atom. The maximum absolute atomic E-state index is 11.4. The van der Waals surface area contributed by atoms with E-state index in [4.69, 9.17) is 11.0 Å². The Kier molecular flexibility index (Phi) is 2.62. The molecule has 2 aromatic heterocycles. The van der Waals surface area contributed by atoms with E-state index in [1.165, 1.54) is 16.9 Å². The summed E-state index contributed by atoms with van der Waals surface area (Å²) in [6.45, 7) is 1.89. The van der Waals surface area contributed by atoms with Gasteiger partial charge in [-0.15, -0.1) is 0 Å². The number of nitriles is 1. The number of aryl methyl sites for hydroxylation is 1. The van der Waals surface area contributed by atoms with E-state index in [1.54, 1.807) is 0 Å². The minimum absolute atomic E-state index is 0.156. The van der Waals surface area contributed by atoms with Crippen LogP contribution in [-0.2, 0) is 6.42 Å². The Bertz CT molecular complexity index is 648. The van der Waals surface area contributed by atoms with E-state index in [0.29, 0.717) is 12.1 Å². The average molecular weight is 230 g/mol. The zero-order valence-corrected chi connectivity index (χ0v) is 9.14. The van der Waals surface area contributed by atoms with Crippen molar-refractivity contribution in [1.82, 2.24) is 19.7 Å². The SMILES string of the molecule is CCc1cc(=O)[nH]c(-n2ncc(C#N)c2N)n1. The molecule has 0 atom stereocenters. The molecular weight excluding hydrogens is 220 g/mol. The lowest BCUT2D eigenvalue weighted by atomic mass is 10.3. The maximum Gasteiger partial charge on any atom is 0.252 e. The van der Waals surface area contributed by atoms with E-state index in [-0.39, 0.29) is 22.9 Å². The lowest BCUT2D eigenvalue weighted by Crippen LogP contribution is -2.16. The van der Waals surface area contributed by atoms with Crippen LogP contribution in [0.3, 0.4) is 0 Å². The molecule has 0 aliphatic heterocycles. The molecule has 3 N–H and O–H groups in total. The van der Waals surface area contributed by atoms with Crippen LogP contribution in [0.25, 0.3) is 5.95 Å². The third kappa shape index (κ3) is 1.88. The van der Waals surface area contributed by atoms with Crippen LogP contribution in [-0.4, -0.2) is 19.7 Å². The highest BCUT2D eigenvalue weighted by atomic mass is 16.1. The normalized spacial score (nSPS) is 10.1. The number of aromatic nitrogens is 4. The Hall–Kier alpha value is -2.62. The molecule has 2 rings (SSSR count). The van der Waals surface area contributed by atoms with Crippen molar-refractivity contribution in [3.8, 4) is 12.0 Å².